The summed E-state index contributed by atoms with van der Waals surface area (Å²) in [5.41, 5.74) is 1.50. The smallest absolute Gasteiger partial charge is 0.153 e. The Kier molecular flexibility index (Phi) is 5.57. The summed E-state index contributed by atoms with van der Waals surface area (Å²) in [6, 6.07) is 6.17. The van der Waals surface area contributed by atoms with Crippen molar-refractivity contribution in [3.8, 4) is 28.3 Å². The Hall–Kier alpha value is -2.78. The monoisotopic (exact) mass is 448 g/mol. The standard InChI is InChI=1S/C20H18ClFN4O3S/c1-29-13-2-3-15(17(22)10-13)19-20(14-4-5-23-11-16(14)21)25-18(12-24-19)26-6-8-30(27,28)9-7-26/h2-5,10-12H,6-9H2,1H3. The lowest BCUT2D eigenvalue weighted by atomic mass is 10.0. The van der Waals surface area contributed by atoms with E-state index in [1.807, 2.05) is 4.90 Å². The number of nitrogens with zero attached hydrogens (tertiary/aromatic N) is 4. The quantitative estimate of drug-likeness (QED) is 0.605. The molecule has 2 aromatic heterocycles. The fraction of sp³-hybridized carbons (Fsp3) is 0.250. The van der Waals surface area contributed by atoms with Gasteiger partial charge in [-0.2, -0.15) is 0 Å². The zero-order valence-corrected chi connectivity index (χ0v) is 17.6. The van der Waals surface area contributed by atoms with Gasteiger partial charge in [-0.25, -0.2) is 22.8 Å². The van der Waals surface area contributed by atoms with Crippen LogP contribution in [-0.2, 0) is 9.84 Å². The van der Waals surface area contributed by atoms with Crippen LogP contribution in [0.4, 0.5) is 10.2 Å². The third-order valence-corrected chi connectivity index (χ3v) is 6.80. The van der Waals surface area contributed by atoms with Crippen molar-refractivity contribution < 1.29 is 17.5 Å². The van der Waals surface area contributed by atoms with Gasteiger partial charge in [-0.05, 0) is 18.2 Å². The molecule has 0 radical (unpaired) electrons. The molecule has 156 valence electrons. The van der Waals surface area contributed by atoms with E-state index in [2.05, 4.69) is 9.97 Å². The minimum Gasteiger partial charge on any atom is -0.497 e. The highest BCUT2D eigenvalue weighted by Gasteiger charge is 2.25. The van der Waals surface area contributed by atoms with E-state index in [0.717, 1.165) is 0 Å². The van der Waals surface area contributed by atoms with E-state index in [-0.39, 0.29) is 17.1 Å². The van der Waals surface area contributed by atoms with Gasteiger partial charge in [0, 0.05) is 42.7 Å². The molecule has 0 bridgehead atoms. The Morgan fingerprint density at radius 2 is 1.87 bits per heavy atom. The largest absolute Gasteiger partial charge is 0.497 e. The Morgan fingerprint density at radius 1 is 1.10 bits per heavy atom. The number of ether oxygens (including phenoxy) is 1. The molecule has 30 heavy (non-hydrogen) atoms. The van der Waals surface area contributed by atoms with Crippen LogP contribution in [0.2, 0.25) is 5.02 Å². The second kappa shape index (κ2) is 8.16. The molecule has 3 heterocycles. The van der Waals surface area contributed by atoms with Gasteiger partial charge in [0.1, 0.15) is 23.1 Å². The normalized spacial score (nSPS) is 15.8. The first-order chi connectivity index (χ1) is 14.4. The molecular weight excluding hydrogens is 431 g/mol. The molecule has 0 atom stereocenters. The molecular formula is C20H18ClFN4O3S. The van der Waals surface area contributed by atoms with Crippen LogP contribution in [-0.4, -0.2) is 55.1 Å². The highest BCUT2D eigenvalue weighted by Crippen LogP contribution is 2.36. The van der Waals surface area contributed by atoms with Crippen LogP contribution >= 0.6 is 11.6 Å². The van der Waals surface area contributed by atoms with E-state index in [0.29, 0.717) is 46.6 Å². The van der Waals surface area contributed by atoms with Gasteiger partial charge >= 0.3 is 0 Å². The maximum atomic E-state index is 14.8. The SMILES string of the molecule is COc1ccc(-c2ncc(N3CCS(=O)(=O)CC3)nc2-c2ccncc2Cl)c(F)c1. The molecule has 7 nitrogen and oxygen atoms in total. The van der Waals surface area contributed by atoms with Gasteiger partial charge in [-0.15, -0.1) is 0 Å². The summed E-state index contributed by atoms with van der Waals surface area (Å²) in [6.45, 7) is 0.632. The number of methoxy groups -OCH3 is 1. The molecule has 0 aliphatic carbocycles. The molecule has 0 spiro atoms. The first-order valence-electron chi connectivity index (χ1n) is 9.14. The van der Waals surface area contributed by atoms with Gasteiger partial charge in [0.25, 0.3) is 0 Å². The summed E-state index contributed by atoms with van der Waals surface area (Å²) in [5.74, 6) is 0.486. The van der Waals surface area contributed by atoms with Crippen LogP contribution in [0, 0.1) is 5.82 Å². The molecule has 10 heteroatoms. The molecule has 3 aromatic rings. The van der Waals surface area contributed by atoms with Crippen molar-refractivity contribution >= 4 is 27.3 Å². The molecule has 1 aromatic carbocycles. The van der Waals surface area contributed by atoms with E-state index in [1.165, 1.54) is 25.6 Å². The number of aromatic nitrogens is 3. The number of anilines is 1. The Balaban J connectivity index is 1.84. The number of pyridine rings is 1. The third kappa shape index (κ3) is 4.08. The molecule has 1 saturated heterocycles. The summed E-state index contributed by atoms with van der Waals surface area (Å²) in [7, 11) is -1.57. The first kappa shape index (κ1) is 20.5. The van der Waals surface area contributed by atoms with Crippen molar-refractivity contribution in [1.29, 1.82) is 0 Å². The Bertz CT molecular complexity index is 1190. The van der Waals surface area contributed by atoms with Crippen molar-refractivity contribution in [1.82, 2.24) is 15.0 Å². The van der Waals surface area contributed by atoms with Gasteiger partial charge in [-0.3, -0.25) is 4.98 Å². The highest BCUT2D eigenvalue weighted by molar-refractivity contribution is 7.91. The highest BCUT2D eigenvalue weighted by atomic mass is 35.5. The number of hydrogen-bond acceptors (Lipinski definition) is 7. The van der Waals surface area contributed by atoms with Gasteiger partial charge in [0.05, 0.1) is 35.5 Å². The van der Waals surface area contributed by atoms with Gasteiger partial charge in [0.15, 0.2) is 9.84 Å². The number of benzene rings is 1. The molecule has 0 saturated carbocycles. The van der Waals surface area contributed by atoms with Gasteiger partial charge < -0.3 is 9.64 Å². The van der Waals surface area contributed by atoms with Crippen LogP contribution in [0.25, 0.3) is 22.5 Å². The zero-order valence-electron chi connectivity index (χ0n) is 16.0. The lowest BCUT2D eigenvalue weighted by Gasteiger charge is -2.28. The molecule has 1 aliphatic heterocycles. The van der Waals surface area contributed by atoms with Crippen molar-refractivity contribution in [2.45, 2.75) is 0 Å². The second-order valence-corrected chi connectivity index (χ2v) is 9.48. The average molecular weight is 449 g/mol. The lowest BCUT2D eigenvalue weighted by Crippen LogP contribution is -2.40. The minimum atomic E-state index is -3.04. The van der Waals surface area contributed by atoms with Gasteiger partial charge in [0.2, 0.25) is 0 Å². The first-order valence-corrected chi connectivity index (χ1v) is 11.3. The number of hydrogen-bond donors (Lipinski definition) is 0. The van der Waals surface area contributed by atoms with Crippen molar-refractivity contribution in [2.24, 2.45) is 0 Å². The van der Waals surface area contributed by atoms with E-state index >= 15 is 0 Å². The Labute approximate surface area is 178 Å². The van der Waals surface area contributed by atoms with E-state index in [4.69, 9.17) is 21.3 Å². The molecule has 0 amide bonds. The lowest BCUT2D eigenvalue weighted by molar-refractivity contribution is 0.411. The van der Waals surface area contributed by atoms with Crippen LogP contribution < -0.4 is 9.64 Å². The average Bonchev–Trinajstić information content (AvgIpc) is 2.74. The number of rotatable bonds is 4. The topological polar surface area (TPSA) is 85.3 Å². The van der Waals surface area contributed by atoms with E-state index in [1.54, 1.807) is 24.4 Å². The van der Waals surface area contributed by atoms with Crippen LogP contribution in [0.3, 0.4) is 0 Å². The number of halogens is 2. The fourth-order valence-electron chi connectivity index (χ4n) is 3.24. The molecule has 0 unspecified atom stereocenters. The summed E-state index contributed by atoms with van der Waals surface area (Å²) in [4.78, 5) is 15.0. The minimum absolute atomic E-state index is 0.0505. The zero-order chi connectivity index (χ0) is 21.3. The van der Waals surface area contributed by atoms with E-state index in [9.17, 15) is 12.8 Å². The molecule has 4 rings (SSSR count). The van der Waals surface area contributed by atoms with Crippen LogP contribution in [0.5, 0.6) is 5.75 Å². The van der Waals surface area contributed by atoms with E-state index < -0.39 is 15.7 Å². The van der Waals surface area contributed by atoms with Crippen molar-refractivity contribution in [3.63, 3.8) is 0 Å². The molecule has 1 fully saturated rings. The maximum Gasteiger partial charge on any atom is 0.153 e. The fourth-order valence-corrected chi connectivity index (χ4v) is 4.65. The van der Waals surface area contributed by atoms with Crippen LogP contribution in [0.1, 0.15) is 0 Å². The molecule has 1 aliphatic rings. The summed E-state index contributed by atoms with van der Waals surface area (Å²) >= 11 is 6.34. The predicted octanol–water partition coefficient (Wildman–Crippen LogP) is 3.24. The molecule has 0 N–H and O–H groups in total. The predicted molar refractivity (Wildman–Crippen MR) is 113 cm³/mol. The Morgan fingerprint density at radius 3 is 2.53 bits per heavy atom. The maximum absolute atomic E-state index is 14.8. The second-order valence-electron chi connectivity index (χ2n) is 6.77. The van der Waals surface area contributed by atoms with Gasteiger partial charge in [-0.1, -0.05) is 11.6 Å². The third-order valence-electron chi connectivity index (χ3n) is 4.89. The van der Waals surface area contributed by atoms with Crippen molar-refractivity contribution in [2.75, 3.05) is 36.6 Å². The summed E-state index contributed by atoms with van der Waals surface area (Å²) in [6.07, 6.45) is 4.57. The van der Waals surface area contributed by atoms with Crippen LogP contribution in [0.15, 0.2) is 42.9 Å². The number of sulfone groups is 1. The van der Waals surface area contributed by atoms with Crippen molar-refractivity contribution in [3.05, 3.63) is 53.7 Å². The summed E-state index contributed by atoms with van der Waals surface area (Å²) < 4.78 is 43.4. The summed E-state index contributed by atoms with van der Waals surface area (Å²) in [5, 5.41) is 0.348.